The van der Waals surface area contributed by atoms with Gasteiger partial charge in [-0.05, 0) is 37.1 Å². The molecule has 2 aliphatic rings. The standard InChI is InChI=1S/C24H23N3O6S2/c1-3-10-27-19-12-20-21(33-15-32-20)13-22(19)34-24(27)25-23(28)16-5-4-11-26(14-16)35(29,30)18-8-6-17(31-2)7-9-18/h1,6-9,12-13,16H,4-5,10-11,14-15H2,2H3. The minimum absolute atomic E-state index is 0.0761. The Bertz CT molecular complexity index is 1500. The molecule has 1 amide bonds. The van der Waals surface area contributed by atoms with Crippen LogP contribution in [0, 0.1) is 18.3 Å². The van der Waals surface area contributed by atoms with Crippen molar-refractivity contribution in [1.82, 2.24) is 8.87 Å². The summed E-state index contributed by atoms with van der Waals surface area (Å²) in [4.78, 5) is 18.2. The molecular weight excluding hydrogens is 490 g/mol. The van der Waals surface area contributed by atoms with Crippen molar-refractivity contribution in [1.29, 1.82) is 0 Å². The second-order valence-corrected chi connectivity index (χ2v) is 11.1. The maximum Gasteiger partial charge on any atom is 0.252 e. The van der Waals surface area contributed by atoms with E-state index in [4.69, 9.17) is 20.6 Å². The fourth-order valence-electron chi connectivity index (χ4n) is 4.23. The topological polar surface area (TPSA) is 99.4 Å². The van der Waals surface area contributed by atoms with Gasteiger partial charge in [0.15, 0.2) is 16.3 Å². The van der Waals surface area contributed by atoms with Crippen LogP contribution in [-0.2, 0) is 21.4 Å². The molecule has 0 spiro atoms. The molecular formula is C24H23N3O6S2. The number of aromatic nitrogens is 1. The van der Waals surface area contributed by atoms with Crippen molar-refractivity contribution in [2.75, 3.05) is 27.0 Å². The number of carbonyl (C=O) groups excluding carboxylic acids is 1. The molecule has 9 nitrogen and oxygen atoms in total. The van der Waals surface area contributed by atoms with E-state index in [1.807, 2.05) is 12.1 Å². The molecule has 0 bridgehead atoms. The monoisotopic (exact) mass is 513 g/mol. The molecule has 182 valence electrons. The highest BCUT2D eigenvalue weighted by Gasteiger charge is 2.33. The summed E-state index contributed by atoms with van der Waals surface area (Å²) in [5.41, 5.74) is 0.802. The summed E-state index contributed by atoms with van der Waals surface area (Å²) in [5.74, 6) is 3.52. The lowest BCUT2D eigenvalue weighted by atomic mass is 9.99. The van der Waals surface area contributed by atoms with Crippen LogP contribution in [0.5, 0.6) is 17.2 Å². The van der Waals surface area contributed by atoms with E-state index in [1.165, 1.54) is 34.9 Å². The highest BCUT2D eigenvalue weighted by molar-refractivity contribution is 7.89. The molecule has 1 saturated heterocycles. The molecule has 2 aromatic carbocycles. The molecule has 2 aliphatic heterocycles. The number of benzene rings is 2. The van der Waals surface area contributed by atoms with E-state index in [0.29, 0.717) is 41.4 Å². The molecule has 1 fully saturated rings. The van der Waals surface area contributed by atoms with Crippen LogP contribution in [0.15, 0.2) is 46.3 Å². The van der Waals surface area contributed by atoms with Crippen molar-refractivity contribution >= 4 is 37.5 Å². The van der Waals surface area contributed by atoms with Gasteiger partial charge >= 0.3 is 0 Å². The number of ether oxygens (including phenoxy) is 3. The van der Waals surface area contributed by atoms with Crippen molar-refractivity contribution in [2.24, 2.45) is 10.9 Å². The van der Waals surface area contributed by atoms with Crippen LogP contribution in [0.25, 0.3) is 10.2 Å². The Morgan fingerprint density at radius 1 is 1.26 bits per heavy atom. The van der Waals surface area contributed by atoms with Crippen molar-refractivity contribution in [3.63, 3.8) is 0 Å². The lowest BCUT2D eigenvalue weighted by Gasteiger charge is -2.30. The fraction of sp³-hybridized carbons (Fsp3) is 0.333. The van der Waals surface area contributed by atoms with E-state index in [2.05, 4.69) is 10.9 Å². The summed E-state index contributed by atoms with van der Waals surface area (Å²) >= 11 is 1.33. The van der Waals surface area contributed by atoms with Crippen LogP contribution in [0.3, 0.4) is 0 Å². The normalized spacial score (nSPS) is 18.5. The minimum atomic E-state index is -3.74. The number of rotatable bonds is 5. The predicted octanol–water partition coefficient (Wildman–Crippen LogP) is 2.60. The number of amides is 1. The highest BCUT2D eigenvalue weighted by atomic mass is 32.2. The van der Waals surface area contributed by atoms with Gasteiger partial charge in [-0.15, -0.1) is 6.42 Å². The predicted molar refractivity (Wildman–Crippen MR) is 130 cm³/mol. The number of methoxy groups -OCH3 is 1. The zero-order chi connectivity index (χ0) is 24.6. The van der Waals surface area contributed by atoms with Crippen molar-refractivity contribution in [2.45, 2.75) is 24.3 Å². The first-order valence-electron chi connectivity index (χ1n) is 11.0. The summed E-state index contributed by atoms with van der Waals surface area (Å²) < 4.78 is 46.4. The largest absolute Gasteiger partial charge is 0.497 e. The molecule has 11 heteroatoms. The Balaban J connectivity index is 1.43. The first-order chi connectivity index (χ1) is 16.9. The number of hydrogen-bond acceptors (Lipinski definition) is 7. The van der Waals surface area contributed by atoms with Gasteiger partial charge < -0.3 is 18.8 Å². The molecule has 1 unspecified atom stereocenters. The van der Waals surface area contributed by atoms with Gasteiger partial charge in [0.2, 0.25) is 16.8 Å². The first-order valence-corrected chi connectivity index (χ1v) is 13.3. The molecule has 3 heterocycles. The Labute approximate surface area is 206 Å². The summed E-state index contributed by atoms with van der Waals surface area (Å²) in [6.45, 7) is 0.819. The van der Waals surface area contributed by atoms with Crippen LogP contribution in [0.1, 0.15) is 12.8 Å². The molecule has 0 radical (unpaired) electrons. The van der Waals surface area contributed by atoms with Gasteiger partial charge in [0.05, 0.1) is 34.7 Å². The Morgan fingerprint density at radius 2 is 2.00 bits per heavy atom. The lowest BCUT2D eigenvalue weighted by Crippen LogP contribution is -2.42. The average molecular weight is 514 g/mol. The van der Waals surface area contributed by atoms with E-state index in [9.17, 15) is 13.2 Å². The Morgan fingerprint density at radius 3 is 2.71 bits per heavy atom. The Hall–Kier alpha value is -3.33. The summed E-state index contributed by atoms with van der Waals surface area (Å²) in [6.07, 6.45) is 6.71. The molecule has 35 heavy (non-hydrogen) atoms. The molecule has 1 atom stereocenters. The molecule has 1 aromatic heterocycles. The van der Waals surface area contributed by atoms with Crippen molar-refractivity contribution < 1.29 is 27.4 Å². The molecule has 0 saturated carbocycles. The summed E-state index contributed by atoms with van der Waals surface area (Å²) in [6, 6.07) is 9.91. The second-order valence-electron chi connectivity index (χ2n) is 8.18. The van der Waals surface area contributed by atoms with Gasteiger partial charge in [-0.1, -0.05) is 17.3 Å². The van der Waals surface area contributed by atoms with E-state index in [-0.39, 0.29) is 30.7 Å². The smallest absolute Gasteiger partial charge is 0.252 e. The number of carbonyl (C=O) groups is 1. The number of terminal acetylenes is 1. The number of fused-ring (bicyclic) bond motifs is 2. The average Bonchev–Trinajstić information content (AvgIpc) is 3.46. The van der Waals surface area contributed by atoms with Crippen molar-refractivity contribution in [3.05, 3.63) is 41.2 Å². The Kier molecular flexibility index (Phi) is 6.27. The molecule has 3 aromatic rings. The first kappa shape index (κ1) is 23.4. The fourth-order valence-corrected chi connectivity index (χ4v) is 6.80. The molecule has 0 N–H and O–H groups in total. The van der Waals surface area contributed by atoms with Crippen molar-refractivity contribution in [3.8, 4) is 29.6 Å². The highest BCUT2D eigenvalue weighted by Crippen LogP contribution is 2.37. The van der Waals surface area contributed by atoms with E-state index in [0.717, 1.165) is 10.2 Å². The zero-order valence-corrected chi connectivity index (χ0v) is 20.6. The van der Waals surface area contributed by atoms with E-state index in [1.54, 1.807) is 16.7 Å². The number of piperidine rings is 1. The van der Waals surface area contributed by atoms with Gasteiger partial charge in [-0.2, -0.15) is 9.30 Å². The number of hydrogen-bond donors (Lipinski definition) is 0. The van der Waals surface area contributed by atoms with Crippen LogP contribution in [0.4, 0.5) is 0 Å². The second kappa shape index (κ2) is 9.37. The third kappa shape index (κ3) is 4.40. The van der Waals surface area contributed by atoms with Gasteiger partial charge in [-0.3, -0.25) is 4.79 Å². The van der Waals surface area contributed by atoms with Crippen LogP contribution in [0.2, 0.25) is 0 Å². The maximum absolute atomic E-state index is 13.2. The summed E-state index contributed by atoms with van der Waals surface area (Å²) in [7, 11) is -2.22. The maximum atomic E-state index is 13.2. The molecule has 5 rings (SSSR count). The minimum Gasteiger partial charge on any atom is -0.497 e. The third-order valence-corrected chi connectivity index (χ3v) is 8.98. The van der Waals surface area contributed by atoms with Gasteiger partial charge in [0.25, 0.3) is 5.91 Å². The molecule has 0 aliphatic carbocycles. The van der Waals surface area contributed by atoms with Crippen LogP contribution < -0.4 is 19.0 Å². The number of sulfonamides is 1. The van der Waals surface area contributed by atoms with E-state index < -0.39 is 15.9 Å². The lowest BCUT2D eigenvalue weighted by molar-refractivity contribution is -0.122. The van der Waals surface area contributed by atoms with Crippen LogP contribution in [-0.4, -0.2) is 50.2 Å². The quantitative estimate of drug-likeness (QED) is 0.487. The number of nitrogens with zero attached hydrogens (tertiary/aromatic N) is 3. The number of thiazole rings is 1. The van der Waals surface area contributed by atoms with Gasteiger partial charge in [0.1, 0.15) is 5.75 Å². The summed E-state index contributed by atoms with van der Waals surface area (Å²) in [5, 5.41) is 0. The van der Waals surface area contributed by atoms with Crippen LogP contribution >= 0.6 is 11.3 Å². The zero-order valence-electron chi connectivity index (χ0n) is 19.0. The third-order valence-electron chi connectivity index (χ3n) is 6.06. The van der Waals surface area contributed by atoms with E-state index >= 15 is 0 Å². The SMILES string of the molecule is C#CCn1c(=NC(=O)C2CCCN(S(=O)(=O)c3ccc(OC)cc3)C2)sc2cc3c(cc21)OCO3. The van der Waals surface area contributed by atoms with Gasteiger partial charge in [-0.25, -0.2) is 8.42 Å². The van der Waals surface area contributed by atoms with Gasteiger partial charge in [0, 0.05) is 25.2 Å².